The maximum atomic E-state index is 12.9. The number of likely N-dealkylation sites (tertiary alicyclic amines) is 1. The summed E-state index contributed by atoms with van der Waals surface area (Å²) in [6.45, 7) is 4.13. The Balaban J connectivity index is 1.23. The number of benzene rings is 1. The van der Waals surface area contributed by atoms with Crippen LogP contribution in [0.5, 0.6) is 11.5 Å². The van der Waals surface area contributed by atoms with Gasteiger partial charge in [-0.2, -0.15) is 0 Å². The van der Waals surface area contributed by atoms with Crippen molar-refractivity contribution in [2.75, 3.05) is 13.3 Å². The quantitative estimate of drug-likeness (QED) is 0.652. The Morgan fingerprint density at radius 1 is 1.23 bits per heavy atom. The second kappa shape index (κ2) is 8.35. The minimum absolute atomic E-state index is 0.0266. The van der Waals surface area contributed by atoms with Gasteiger partial charge in [-0.25, -0.2) is 15.0 Å². The van der Waals surface area contributed by atoms with E-state index in [2.05, 4.69) is 25.2 Å². The maximum absolute atomic E-state index is 12.9. The van der Waals surface area contributed by atoms with E-state index in [1.807, 2.05) is 31.2 Å². The van der Waals surface area contributed by atoms with Crippen LogP contribution in [-0.2, 0) is 17.9 Å². The van der Waals surface area contributed by atoms with Crippen molar-refractivity contribution in [2.45, 2.75) is 38.9 Å². The Morgan fingerprint density at radius 3 is 3.00 bits per heavy atom. The van der Waals surface area contributed by atoms with Crippen molar-refractivity contribution in [3.8, 4) is 17.4 Å². The zero-order chi connectivity index (χ0) is 21.2. The van der Waals surface area contributed by atoms with E-state index in [0.29, 0.717) is 19.0 Å². The number of amides is 1. The number of rotatable bonds is 6. The summed E-state index contributed by atoms with van der Waals surface area (Å²) in [6.07, 6.45) is 6.98. The topological polar surface area (TPSA) is 94.4 Å². The minimum Gasteiger partial charge on any atom is -0.454 e. The molecule has 1 aromatic carbocycles. The van der Waals surface area contributed by atoms with Gasteiger partial charge < -0.3 is 14.8 Å². The number of nitrogens with one attached hydrogen (secondary N) is 1. The van der Waals surface area contributed by atoms with Crippen LogP contribution in [0.2, 0.25) is 0 Å². The van der Waals surface area contributed by atoms with Crippen LogP contribution < -0.4 is 14.8 Å². The van der Waals surface area contributed by atoms with E-state index in [1.165, 1.54) is 0 Å². The molecule has 0 bridgehead atoms. The van der Waals surface area contributed by atoms with Crippen molar-refractivity contribution in [1.82, 2.24) is 29.7 Å². The third-order valence-electron chi connectivity index (χ3n) is 5.56. The number of aromatic nitrogens is 4. The number of ether oxygens (including phenoxy) is 2. The Hall–Kier alpha value is -3.46. The van der Waals surface area contributed by atoms with Gasteiger partial charge in [-0.3, -0.25) is 14.3 Å². The Labute approximate surface area is 180 Å². The molecule has 1 saturated heterocycles. The van der Waals surface area contributed by atoms with Gasteiger partial charge >= 0.3 is 0 Å². The van der Waals surface area contributed by atoms with E-state index in [9.17, 15) is 4.79 Å². The van der Waals surface area contributed by atoms with Gasteiger partial charge in [0.1, 0.15) is 6.33 Å². The second-order valence-electron chi connectivity index (χ2n) is 7.80. The Kier molecular flexibility index (Phi) is 5.25. The minimum atomic E-state index is -0.151. The molecule has 9 heteroatoms. The van der Waals surface area contributed by atoms with E-state index in [1.54, 1.807) is 23.3 Å². The lowest BCUT2D eigenvalue weighted by molar-refractivity contribution is -0.125. The van der Waals surface area contributed by atoms with Crippen LogP contribution in [0, 0.1) is 6.92 Å². The molecule has 0 saturated carbocycles. The fourth-order valence-corrected chi connectivity index (χ4v) is 4.08. The first-order chi connectivity index (χ1) is 15.2. The first-order valence-corrected chi connectivity index (χ1v) is 10.4. The first kappa shape index (κ1) is 19.5. The van der Waals surface area contributed by atoms with Crippen molar-refractivity contribution in [3.63, 3.8) is 0 Å². The molecule has 2 aliphatic heterocycles. The molecule has 0 aliphatic carbocycles. The molecule has 1 amide bonds. The van der Waals surface area contributed by atoms with Crippen LogP contribution in [0.4, 0.5) is 0 Å². The van der Waals surface area contributed by atoms with Crippen molar-refractivity contribution in [1.29, 1.82) is 0 Å². The summed E-state index contributed by atoms with van der Waals surface area (Å²) in [6, 6.07) is 7.69. The van der Waals surface area contributed by atoms with Crippen molar-refractivity contribution in [2.24, 2.45) is 0 Å². The Morgan fingerprint density at radius 2 is 2.13 bits per heavy atom. The zero-order valence-electron chi connectivity index (χ0n) is 17.3. The van der Waals surface area contributed by atoms with Crippen molar-refractivity contribution < 1.29 is 14.3 Å². The van der Waals surface area contributed by atoms with Crippen LogP contribution in [0.1, 0.15) is 29.8 Å². The highest BCUT2D eigenvalue weighted by Gasteiger charge is 2.30. The lowest BCUT2D eigenvalue weighted by Crippen LogP contribution is -2.42. The summed E-state index contributed by atoms with van der Waals surface area (Å²) in [5.74, 6) is 2.12. The van der Waals surface area contributed by atoms with Crippen LogP contribution >= 0.6 is 0 Å². The molecule has 4 heterocycles. The summed E-state index contributed by atoms with van der Waals surface area (Å²) in [7, 11) is 0. The highest BCUT2D eigenvalue weighted by Crippen LogP contribution is 2.33. The van der Waals surface area contributed by atoms with Gasteiger partial charge in [-0.15, -0.1) is 0 Å². The van der Waals surface area contributed by atoms with E-state index in [4.69, 9.17) is 9.47 Å². The van der Waals surface area contributed by atoms with Crippen LogP contribution in [-0.4, -0.2) is 49.7 Å². The van der Waals surface area contributed by atoms with E-state index in [-0.39, 0.29) is 18.7 Å². The lowest BCUT2D eigenvalue weighted by atomic mass is 10.1. The van der Waals surface area contributed by atoms with Crippen molar-refractivity contribution >= 4 is 5.91 Å². The average molecular weight is 420 g/mol. The largest absolute Gasteiger partial charge is 0.454 e. The van der Waals surface area contributed by atoms with Crippen molar-refractivity contribution in [3.05, 3.63) is 59.9 Å². The smallest absolute Gasteiger partial charge is 0.237 e. The molecular weight excluding hydrogens is 396 g/mol. The van der Waals surface area contributed by atoms with Gasteiger partial charge in [0.2, 0.25) is 18.6 Å². The van der Waals surface area contributed by atoms with Gasteiger partial charge in [0, 0.05) is 24.6 Å². The molecule has 9 nitrogen and oxygen atoms in total. The monoisotopic (exact) mass is 420 g/mol. The highest BCUT2D eigenvalue weighted by molar-refractivity contribution is 5.82. The standard InChI is InChI=1S/C22H24N6O3/c1-15-9-17(26-22(25-15)28-8-6-23-13-28)11-24-21(29)18-3-2-7-27(18)12-16-4-5-19-20(10-16)31-14-30-19/h4-6,8-10,13,18H,2-3,7,11-12,14H2,1H3,(H,24,29). The highest BCUT2D eigenvalue weighted by atomic mass is 16.7. The Bertz CT molecular complexity index is 1080. The molecule has 2 aliphatic rings. The number of fused-ring (bicyclic) bond motifs is 1. The normalized spacial score (nSPS) is 17.8. The van der Waals surface area contributed by atoms with Gasteiger partial charge in [-0.1, -0.05) is 6.07 Å². The summed E-state index contributed by atoms with van der Waals surface area (Å²) in [5, 5.41) is 3.06. The third kappa shape index (κ3) is 4.22. The van der Waals surface area contributed by atoms with Crippen LogP contribution in [0.15, 0.2) is 43.0 Å². The number of imidazole rings is 1. The number of carbonyl (C=O) groups excluding carboxylic acids is 1. The van der Waals surface area contributed by atoms with E-state index < -0.39 is 0 Å². The SMILES string of the molecule is Cc1cc(CNC(=O)C2CCCN2Cc2ccc3c(c2)OCO3)nc(-n2ccnc2)n1. The number of nitrogens with zero attached hydrogens (tertiary/aromatic N) is 5. The summed E-state index contributed by atoms with van der Waals surface area (Å²) in [5.41, 5.74) is 2.72. The number of carbonyl (C=O) groups is 1. The number of hydrogen-bond acceptors (Lipinski definition) is 7. The maximum Gasteiger partial charge on any atom is 0.237 e. The van der Waals surface area contributed by atoms with Gasteiger partial charge in [0.25, 0.3) is 0 Å². The number of aryl methyl sites for hydroxylation is 1. The average Bonchev–Trinajstić information content (AvgIpc) is 3.52. The van der Waals surface area contributed by atoms with E-state index in [0.717, 1.165) is 47.8 Å². The van der Waals surface area contributed by atoms with Crippen LogP contribution in [0.25, 0.3) is 5.95 Å². The molecule has 1 atom stereocenters. The fraction of sp³-hybridized carbons (Fsp3) is 0.364. The molecule has 0 radical (unpaired) electrons. The molecular formula is C22H24N6O3. The first-order valence-electron chi connectivity index (χ1n) is 10.4. The molecule has 0 spiro atoms. The molecule has 160 valence electrons. The summed E-state index contributed by atoms with van der Waals surface area (Å²) < 4.78 is 12.6. The van der Waals surface area contributed by atoms with Gasteiger partial charge in [0.15, 0.2) is 11.5 Å². The lowest BCUT2D eigenvalue weighted by Gasteiger charge is -2.23. The van der Waals surface area contributed by atoms with Gasteiger partial charge in [-0.05, 0) is 50.1 Å². The molecule has 5 rings (SSSR count). The molecule has 3 aromatic rings. The zero-order valence-corrected chi connectivity index (χ0v) is 17.3. The van der Waals surface area contributed by atoms with Crippen LogP contribution in [0.3, 0.4) is 0 Å². The number of hydrogen-bond donors (Lipinski definition) is 1. The predicted octanol–water partition coefficient (Wildman–Crippen LogP) is 1.98. The molecule has 2 aromatic heterocycles. The predicted molar refractivity (Wildman–Crippen MR) is 112 cm³/mol. The van der Waals surface area contributed by atoms with E-state index >= 15 is 0 Å². The fourth-order valence-electron chi connectivity index (χ4n) is 4.08. The summed E-state index contributed by atoms with van der Waals surface area (Å²) >= 11 is 0. The molecule has 1 fully saturated rings. The third-order valence-corrected chi connectivity index (χ3v) is 5.56. The van der Waals surface area contributed by atoms with Gasteiger partial charge in [0.05, 0.1) is 18.3 Å². The second-order valence-corrected chi connectivity index (χ2v) is 7.80. The molecule has 1 N–H and O–H groups in total. The molecule has 31 heavy (non-hydrogen) atoms. The summed E-state index contributed by atoms with van der Waals surface area (Å²) in [4.78, 5) is 28.2. The molecule has 1 unspecified atom stereocenters.